The summed E-state index contributed by atoms with van der Waals surface area (Å²) >= 11 is 0. The van der Waals surface area contributed by atoms with Gasteiger partial charge in [0, 0.05) is 50.8 Å². The highest BCUT2D eigenvalue weighted by Gasteiger charge is 2.33. The molecule has 1 saturated heterocycles. The number of aryl methyl sites for hydroxylation is 2. The van der Waals surface area contributed by atoms with Crippen molar-refractivity contribution in [3.63, 3.8) is 0 Å². The molecule has 0 bridgehead atoms. The van der Waals surface area contributed by atoms with Crippen molar-refractivity contribution in [2.24, 2.45) is 5.92 Å². The third-order valence-corrected chi connectivity index (χ3v) is 5.61. The summed E-state index contributed by atoms with van der Waals surface area (Å²) < 4.78 is 2.15. The Hall–Kier alpha value is -3.79. The fourth-order valence-electron chi connectivity index (χ4n) is 4.09. The summed E-state index contributed by atoms with van der Waals surface area (Å²) in [6, 6.07) is 12.0. The van der Waals surface area contributed by atoms with E-state index in [1.165, 1.54) is 0 Å². The van der Waals surface area contributed by atoms with Gasteiger partial charge in [-0.05, 0) is 36.2 Å². The van der Waals surface area contributed by atoms with Gasteiger partial charge in [0.1, 0.15) is 5.82 Å². The van der Waals surface area contributed by atoms with Gasteiger partial charge >= 0.3 is 0 Å². The predicted molar refractivity (Wildman–Crippen MR) is 125 cm³/mol. The van der Waals surface area contributed by atoms with Crippen LogP contribution in [0, 0.1) is 5.92 Å². The molecule has 1 aromatic carbocycles. The third kappa shape index (κ3) is 7.11. The average molecular weight is 471 g/mol. The molecule has 1 fully saturated rings. The number of rotatable bonds is 6. The first-order chi connectivity index (χ1) is 16.5. The first-order valence-electron chi connectivity index (χ1n) is 10.9. The molecule has 10 nitrogen and oxygen atoms in total. The second-order valence-electron chi connectivity index (χ2n) is 7.67. The molecule has 0 spiro atoms. The first-order valence-corrected chi connectivity index (χ1v) is 10.9. The molecule has 10 heteroatoms. The molecule has 3 aromatic rings. The second-order valence-corrected chi connectivity index (χ2v) is 7.67. The van der Waals surface area contributed by atoms with Crippen molar-refractivity contribution < 1.29 is 29.7 Å². The van der Waals surface area contributed by atoms with Gasteiger partial charge in [0.15, 0.2) is 0 Å². The summed E-state index contributed by atoms with van der Waals surface area (Å²) in [6.45, 7) is 3.22. The van der Waals surface area contributed by atoms with E-state index >= 15 is 0 Å². The van der Waals surface area contributed by atoms with Crippen molar-refractivity contribution >= 4 is 29.9 Å². The van der Waals surface area contributed by atoms with E-state index in [9.17, 15) is 9.90 Å². The zero-order valence-electron chi connectivity index (χ0n) is 19.0. The highest BCUT2D eigenvalue weighted by Crippen LogP contribution is 2.23. The van der Waals surface area contributed by atoms with E-state index in [-0.39, 0.29) is 24.8 Å². The average Bonchev–Trinajstić information content (AvgIpc) is 3.39. The number of hydrogen-bond donors (Lipinski definition) is 3. The van der Waals surface area contributed by atoms with Gasteiger partial charge in [-0.25, -0.2) is 4.98 Å². The Balaban J connectivity index is 0.000000618. The number of carboxylic acid groups (broad SMARTS) is 2. The number of carbonyl (C=O) groups excluding carboxylic acids is 1. The lowest BCUT2D eigenvalue weighted by atomic mass is 9.97. The topological polar surface area (TPSA) is 146 Å². The van der Waals surface area contributed by atoms with Gasteiger partial charge in [-0.15, -0.1) is 0 Å². The molecule has 182 valence electrons. The van der Waals surface area contributed by atoms with Gasteiger partial charge in [-0.1, -0.05) is 19.1 Å². The molecule has 1 aliphatic heterocycles. The van der Waals surface area contributed by atoms with E-state index in [4.69, 9.17) is 19.8 Å². The molecule has 34 heavy (non-hydrogen) atoms. The van der Waals surface area contributed by atoms with E-state index in [2.05, 4.69) is 27.5 Å². The smallest absolute Gasteiger partial charge is 0.290 e. The zero-order valence-corrected chi connectivity index (χ0v) is 19.0. The minimum atomic E-state index is -0.475. The fourth-order valence-corrected chi connectivity index (χ4v) is 4.09. The van der Waals surface area contributed by atoms with Crippen LogP contribution in [0.1, 0.15) is 24.7 Å². The van der Waals surface area contributed by atoms with Crippen LogP contribution in [-0.2, 0) is 33.8 Å². The number of likely N-dealkylation sites (tertiary alicyclic amines) is 1. The Morgan fingerprint density at radius 3 is 2.38 bits per heavy atom. The molecule has 3 heterocycles. The van der Waals surface area contributed by atoms with Crippen molar-refractivity contribution in [3.05, 3.63) is 60.2 Å². The van der Waals surface area contributed by atoms with Gasteiger partial charge in [-0.3, -0.25) is 19.4 Å². The van der Waals surface area contributed by atoms with E-state index in [0.29, 0.717) is 26.1 Å². The van der Waals surface area contributed by atoms with Gasteiger partial charge in [-0.2, -0.15) is 0 Å². The maximum atomic E-state index is 12.8. The lowest BCUT2D eigenvalue weighted by Gasteiger charge is -2.17. The Bertz CT molecular complexity index is 1050. The minimum Gasteiger partial charge on any atom is -0.483 e. The highest BCUT2D eigenvalue weighted by molar-refractivity contribution is 5.78. The summed E-state index contributed by atoms with van der Waals surface area (Å²) in [4.78, 5) is 40.0. The number of pyridine rings is 1. The molecule has 0 saturated carbocycles. The third-order valence-electron chi connectivity index (χ3n) is 5.61. The molecule has 2 aromatic heterocycles. The molecule has 2 atom stereocenters. The van der Waals surface area contributed by atoms with Crippen LogP contribution in [0.25, 0.3) is 11.0 Å². The Morgan fingerprint density at radius 1 is 1.09 bits per heavy atom. The Morgan fingerprint density at radius 2 is 1.74 bits per heavy atom. The van der Waals surface area contributed by atoms with Crippen molar-refractivity contribution in [1.82, 2.24) is 19.4 Å². The SMILES string of the molecule is CCc1nc2ccccc2n1CCC(=O)N1C[C@@H](Cc2ccncc2)[C@H](O)C1.O=CO.O=CO. The monoisotopic (exact) mass is 470 g/mol. The van der Waals surface area contributed by atoms with Crippen LogP contribution in [0.15, 0.2) is 48.8 Å². The first kappa shape index (κ1) is 26.5. The van der Waals surface area contributed by atoms with Gasteiger partial charge in [0.2, 0.25) is 5.91 Å². The number of benzene rings is 1. The summed E-state index contributed by atoms with van der Waals surface area (Å²) in [6.07, 6.45) is 5.07. The van der Waals surface area contributed by atoms with Gasteiger partial charge < -0.3 is 24.8 Å². The summed E-state index contributed by atoms with van der Waals surface area (Å²) in [5.74, 6) is 1.17. The fraction of sp³-hybridized carbons (Fsp3) is 0.375. The van der Waals surface area contributed by atoms with E-state index in [0.717, 1.165) is 35.3 Å². The second kappa shape index (κ2) is 13.7. The van der Waals surface area contributed by atoms with Crippen LogP contribution in [0.4, 0.5) is 0 Å². The molecule has 3 N–H and O–H groups in total. The molecule has 1 amide bonds. The molecular weight excluding hydrogens is 440 g/mol. The highest BCUT2D eigenvalue weighted by atomic mass is 16.3. The van der Waals surface area contributed by atoms with Crippen LogP contribution in [0.5, 0.6) is 0 Å². The predicted octanol–water partition coefficient (Wildman–Crippen LogP) is 1.85. The van der Waals surface area contributed by atoms with Crippen LogP contribution in [0.3, 0.4) is 0 Å². The zero-order chi connectivity index (χ0) is 24.9. The normalized spacial score (nSPS) is 16.7. The number of nitrogens with zero attached hydrogens (tertiary/aromatic N) is 4. The van der Waals surface area contributed by atoms with Crippen molar-refractivity contribution in [2.75, 3.05) is 13.1 Å². The number of para-hydroxylation sites is 2. The van der Waals surface area contributed by atoms with E-state index in [1.54, 1.807) is 17.3 Å². The molecule has 1 aliphatic rings. The maximum absolute atomic E-state index is 12.8. The summed E-state index contributed by atoms with van der Waals surface area (Å²) in [5.41, 5.74) is 3.19. The lowest BCUT2D eigenvalue weighted by molar-refractivity contribution is -0.130. The van der Waals surface area contributed by atoms with Crippen LogP contribution in [0.2, 0.25) is 0 Å². The number of amides is 1. The summed E-state index contributed by atoms with van der Waals surface area (Å²) in [5, 5.41) is 24.2. The molecule has 0 unspecified atom stereocenters. The van der Waals surface area contributed by atoms with Gasteiger partial charge in [0.25, 0.3) is 12.9 Å². The number of aliphatic hydroxyl groups is 1. The largest absolute Gasteiger partial charge is 0.483 e. The van der Waals surface area contributed by atoms with Crippen molar-refractivity contribution in [3.8, 4) is 0 Å². The van der Waals surface area contributed by atoms with Crippen LogP contribution in [-0.4, -0.2) is 72.8 Å². The molecule has 0 aliphatic carbocycles. The number of aromatic nitrogens is 3. The number of β-amino-alcohol motifs (C(OH)–C–C–N with tert-alkyl or cyclic N) is 1. The Labute approximate surface area is 197 Å². The van der Waals surface area contributed by atoms with E-state index in [1.807, 2.05) is 30.3 Å². The van der Waals surface area contributed by atoms with Crippen molar-refractivity contribution in [1.29, 1.82) is 0 Å². The van der Waals surface area contributed by atoms with Crippen LogP contribution >= 0.6 is 0 Å². The van der Waals surface area contributed by atoms with E-state index < -0.39 is 6.10 Å². The Kier molecular flexibility index (Phi) is 10.7. The molecular formula is C24H30N4O6. The number of carbonyl (C=O) groups is 3. The number of hydrogen-bond acceptors (Lipinski definition) is 6. The standard InChI is InChI=1S/C22H26N4O2.2CH2O2/c1-2-21-24-18-5-3-4-6-19(18)26(21)12-9-22(28)25-14-17(20(27)15-25)13-16-7-10-23-11-8-16;2*2-1-3/h3-8,10-11,17,20,27H,2,9,12-15H2,1H3;2*1H,(H,2,3)/t17-,20-;;/m1../s1. The number of aliphatic hydroxyl groups excluding tert-OH is 1. The number of imidazole rings is 1. The van der Waals surface area contributed by atoms with Crippen molar-refractivity contribution in [2.45, 2.75) is 38.8 Å². The lowest BCUT2D eigenvalue weighted by Crippen LogP contribution is -2.30. The summed E-state index contributed by atoms with van der Waals surface area (Å²) in [7, 11) is 0. The number of fused-ring (bicyclic) bond motifs is 1. The molecule has 0 radical (unpaired) electrons. The quantitative estimate of drug-likeness (QED) is 0.463. The maximum Gasteiger partial charge on any atom is 0.290 e. The minimum absolute atomic E-state index is 0.0756. The molecule has 4 rings (SSSR count). The van der Waals surface area contributed by atoms with Gasteiger partial charge in [0.05, 0.1) is 17.1 Å². The van der Waals surface area contributed by atoms with Crippen LogP contribution < -0.4 is 0 Å².